The SMILES string of the molecule is Cn1c(=O)n(Cc2ccc(Cl)cc2Cl)c2cc(C(=O)O)ccc21. The van der Waals surface area contributed by atoms with Gasteiger partial charge in [0.05, 0.1) is 23.1 Å². The van der Waals surface area contributed by atoms with Crippen LogP contribution in [0.25, 0.3) is 11.0 Å². The Morgan fingerprint density at radius 1 is 1.13 bits per heavy atom. The van der Waals surface area contributed by atoms with Crippen LogP contribution in [-0.4, -0.2) is 20.2 Å². The minimum Gasteiger partial charge on any atom is -0.478 e. The summed E-state index contributed by atoms with van der Waals surface area (Å²) in [5.41, 5.74) is 1.81. The van der Waals surface area contributed by atoms with Gasteiger partial charge in [-0.15, -0.1) is 0 Å². The molecule has 0 bridgehead atoms. The summed E-state index contributed by atoms with van der Waals surface area (Å²) in [5.74, 6) is -1.04. The van der Waals surface area contributed by atoms with Crippen molar-refractivity contribution in [3.8, 4) is 0 Å². The molecule has 1 N–H and O–H groups in total. The molecule has 0 saturated carbocycles. The van der Waals surface area contributed by atoms with Crippen molar-refractivity contribution in [1.82, 2.24) is 9.13 Å². The number of imidazole rings is 1. The van der Waals surface area contributed by atoms with Crippen molar-refractivity contribution in [3.05, 3.63) is 68.1 Å². The van der Waals surface area contributed by atoms with Gasteiger partial charge in [0.2, 0.25) is 0 Å². The molecule has 0 atom stereocenters. The second-order valence-corrected chi connectivity index (χ2v) is 6.02. The molecule has 0 aliphatic carbocycles. The third kappa shape index (κ3) is 2.73. The topological polar surface area (TPSA) is 64.2 Å². The molecule has 5 nitrogen and oxygen atoms in total. The van der Waals surface area contributed by atoms with Gasteiger partial charge in [-0.3, -0.25) is 9.13 Å². The molecule has 0 aliphatic heterocycles. The van der Waals surface area contributed by atoms with E-state index in [1.165, 1.54) is 21.3 Å². The number of nitrogens with zero attached hydrogens (tertiary/aromatic N) is 2. The largest absolute Gasteiger partial charge is 0.478 e. The van der Waals surface area contributed by atoms with E-state index in [-0.39, 0.29) is 17.8 Å². The van der Waals surface area contributed by atoms with Crippen molar-refractivity contribution in [2.24, 2.45) is 7.05 Å². The summed E-state index contributed by atoms with van der Waals surface area (Å²) in [6.45, 7) is 0.231. The molecular formula is C16H12Cl2N2O3. The molecule has 0 saturated heterocycles. The number of fused-ring (bicyclic) bond motifs is 1. The summed E-state index contributed by atoms with van der Waals surface area (Å²) in [5, 5.41) is 10.1. The van der Waals surface area contributed by atoms with Crippen LogP contribution in [-0.2, 0) is 13.6 Å². The lowest BCUT2D eigenvalue weighted by Crippen LogP contribution is -2.22. The first kappa shape index (κ1) is 15.6. The Bertz CT molecular complexity index is 989. The van der Waals surface area contributed by atoms with E-state index in [4.69, 9.17) is 28.3 Å². The van der Waals surface area contributed by atoms with Crippen LogP contribution in [0.1, 0.15) is 15.9 Å². The number of hydrogen-bond donors (Lipinski definition) is 1. The lowest BCUT2D eigenvalue weighted by atomic mass is 10.2. The lowest BCUT2D eigenvalue weighted by molar-refractivity contribution is 0.0697. The quantitative estimate of drug-likeness (QED) is 0.787. The van der Waals surface area contributed by atoms with Gasteiger partial charge in [0, 0.05) is 17.1 Å². The Labute approximate surface area is 141 Å². The molecule has 118 valence electrons. The standard InChI is InChI=1S/C16H12Cl2N2O3/c1-19-13-5-3-9(15(21)22)6-14(13)20(16(19)23)8-10-2-4-11(17)7-12(10)18/h2-7H,8H2,1H3,(H,21,22). The molecular weight excluding hydrogens is 339 g/mol. The molecule has 2 aromatic carbocycles. The second-order valence-electron chi connectivity index (χ2n) is 5.17. The van der Waals surface area contributed by atoms with Gasteiger partial charge >= 0.3 is 11.7 Å². The Hall–Kier alpha value is -2.24. The van der Waals surface area contributed by atoms with E-state index in [0.717, 1.165) is 5.56 Å². The van der Waals surface area contributed by atoms with Crippen LogP contribution in [0, 0.1) is 0 Å². The van der Waals surface area contributed by atoms with Crippen molar-refractivity contribution < 1.29 is 9.90 Å². The lowest BCUT2D eigenvalue weighted by Gasteiger charge is -2.07. The van der Waals surface area contributed by atoms with E-state index in [1.807, 2.05) is 0 Å². The maximum atomic E-state index is 12.5. The highest BCUT2D eigenvalue weighted by atomic mass is 35.5. The van der Waals surface area contributed by atoms with Crippen LogP contribution in [0.15, 0.2) is 41.2 Å². The Morgan fingerprint density at radius 3 is 2.52 bits per heavy atom. The van der Waals surface area contributed by atoms with E-state index in [1.54, 1.807) is 31.3 Å². The van der Waals surface area contributed by atoms with Gasteiger partial charge in [0.25, 0.3) is 0 Å². The number of benzene rings is 2. The van der Waals surface area contributed by atoms with E-state index in [9.17, 15) is 9.59 Å². The van der Waals surface area contributed by atoms with Crippen LogP contribution < -0.4 is 5.69 Å². The van der Waals surface area contributed by atoms with E-state index in [0.29, 0.717) is 21.1 Å². The normalized spacial score (nSPS) is 11.1. The van der Waals surface area contributed by atoms with Crippen molar-refractivity contribution >= 4 is 40.2 Å². The summed E-state index contributed by atoms with van der Waals surface area (Å²) in [6, 6.07) is 9.64. The second kappa shape index (κ2) is 5.76. The van der Waals surface area contributed by atoms with Crippen LogP contribution >= 0.6 is 23.2 Å². The predicted molar refractivity (Wildman–Crippen MR) is 89.7 cm³/mol. The number of carbonyl (C=O) groups is 1. The number of carboxylic acid groups (broad SMARTS) is 1. The third-order valence-corrected chi connectivity index (χ3v) is 4.32. The fourth-order valence-electron chi connectivity index (χ4n) is 2.52. The fraction of sp³-hybridized carbons (Fsp3) is 0.125. The number of rotatable bonds is 3. The molecule has 3 aromatic rings. The maximum Gasteiger partial charge on any atom is 0.335 e. The first-order valence-corrected chi connectivity index (χ1v) is 7.50. The highest BCUT2D eigenvalue weighted by Gasteiger charge is 2.14. The fourth-order valence-corrected chi connectivity index (χ4v) is 2.98. The highest BCUT2D eigenvalue weighted by Crippen LogP contribution is 2.23. The summed E-state index contributed by atoms with van der Waals surface area (Å²) < 4.78 is 2.97. The van der Waals surface area contributed by atoms with E-state index >= 15 is 0 Å². The third-order valence-electron chi connectivity index (χ3n) is 3.74. The molecule has 0 fully saturated rings. The van der Waals surface area contributed by atoms with Gasteiger partial charge in [0.15, 0.2) is 0 Å². The molecule has 23 heavy (non-hydrogen) atoms. The van der Waals surface area contributed by atoms with Crippen molar-refractivity contribution in [3.63, 3.8) is 0 Å². The monoisotopic (exact) mass is 350 g/mol. The van der Waals surface area contributed by atoms with E-state index in [2.05, 4.69) is 0 Å². The van der Waals surface area contributed by atoms with Crippen LogP contribution in [0.5, 0.6) is 0 Å². The van der Waals surface area contributed by atoms with Gasteiger partial charge in [-0.1, -0.05) is 29.3 Å². The van der Waals surface area contributed by atoms with Crippen LogP contribution in [0.3, 0.4) is 0 Å². The van der Waals surface area contributed by atoms with Crippen LogP contribution in [0.2, 0.25) is 10.0 Å². The minimum atomic E-state index is -1.04. The molecule has 0 radical (unpaired) electrons. The smallest absolute Gasteiger partial charge is 0.335 e. The number of carboxylic acids is 1. The van der Waals surface area contributed by atoms with Crippen molar-refractivity contribution in [2.45, 2.75) is 6.54 Å². The average molecular weight is 351 g/mol. The van der Waals surface area contributed by atoms with Gasteiger partial charge in [0.1, 0.15) is 0 Å². The predicted octanol–water partition coefficient (Wildman–Crippen LogP) is 3.39. The first-order valence-electron chi connectivity index (χ1n) is 6.75. The summed E-state index contributed by atoms with van der Waals surface area (Å²) >= 11 is 12.1. The zero-order chi connectivity index (χ0) is 16.7. The number of halogens is 2. The molecule has 0 spiro atoms. The Balaban J connectivity index is 2.19. The van der Waals surface area contributed by atoms with Gasteiger partial charge in [-0.2, -0.15) is 0 Å². The van der Waals surface area contributed by atoms with Crippen LogP contribution in [0.4, 0.5) is 0 Å². The summed E-state index contributed by atoms with van der Waals surface area (Å²) in [4.78, 5) is 23.6. The zero-order valence-electron chi connectivity index (χ0n) is 12.1. The molecule has 0 unspecified atom stereocenters. The molecule has 1 aromatic heterocycles. The molecule has 7 heteroatoms. The summed E-state index contributed by atoms with van der Waals surface area (Å²) in [6.07, 6.45) is 0. The van der Waals surface area contributed by atoms with Crippen molar-refractivity contribution in [2.75, 3.05) is 0 Å². The zero-order valence-corrected chi connectivity index (χ0v) is 13.6. The summed E-state index contributed by atoms with van der Waals surface area (Å²) in [7, 11) is 1.64. The molecule has 3 rings (SSSR count). The minimum absolute atomic E-state index is 0.124. The molecule has 1 heterocycles. The van der Waals surface area contributed by atoms with Gasteiger partial charge in [-0.25, -0.2) is 9.59 Å². The van der Waals surface area contributed by atoms with E-state index < -0.39 is 5.97 Å². The number of aryl methyl sites for hydroxylation is 1. The van der Waals surface area contributed by atoms with Gasteiger partial charge < -0.3 is 5.11 Å². The highest BCUT2D eigenvalue weighted by molar-refractivity contribution is 6.35. The Morgan fingerprint density at radius 2 is 1.87 bits per heavy atom. The number of hydrogen-bond acceptors (Lipinski definition) is 2. The molecule has 0 amide bonds. The first-order chi connectivity index (χ1) is 10.9. The number of aromatic carboxylic acids is 1. The van der Waals surface area contributed by atoms with Crippen molar-refractivity contribution in [1.29, 1.82) is 0 Å². The Kier molecular flexibility index (Phi) is 3.92. The maximum absolute atomic E-state index is 12.5. The average Bonchev–Trinajstić information content (AvgIpc) is 2.74. The van der Waals surface area contributed by atoms with Gasteiger partial charge in [-0.05, 0) is 35.9 Å². The molecule has 0 aliphatic rings. The number of aromatic nitrogens is 2.